The molecule has 0 radical (unpaired) electrons. The average molecular weight is 260 g/mol. The van der Waals surface area contributed by atoms with Crippen LogP contribution in [0.2, 0.25) is 0 Å². The highest BCUT2D eigenvalue weighted by atomic mass is 16.3. The maximum absolute atomic E-state index is 5.47. The van der Waals surface area contributed by atoms with Crippen LogP contribution in [0, 0.1) is 13.8 Å². The molecular weight excluding hydrogens is 240 g/mol. The van der Waals surface area contributed by atoms with Crippen LogP contribution >= 0.6 is 0 Å². The van der Waals surface area contributed by atoms with Gasteiger partial charge in [-0.15, -0.1) is 0 Å². The Labute approximate surface area is 113 Å². The Hall–Kier alpha value is -1.88. The molecule has 0 aliphatic rings. The van der Waals surface area contributed by atoms with Crippen molar-refractivity contribution in [3.05, 3.63) is 41.6 Å². The first-order valence-corrected chi connectivity index (χ1v) is 6.32. The van der Waals surface area contributed by atoms with Crippen LogP contribution in [0.1, 0.15) is 23.2 Å². The summed E-state index contributed by atoms with van der Waals surface area (Å²) in [5.41, 5.74) is 1.93. The molecule has 0 amide bonds. The van der Waals surface area contributed by atoms with Gasteiger partial charge >= 0.3 is 0 Å². The highest BCUT2D eigenvalue weighted by molar-refractivity contribution is 5.28. The van der Waals surface area contributed by atoms with Crippen molar-refractivity contribution >= 4 is 5.95 Å². The Morgan fingerprint density at radius 1 is 1.26 bits per heavy atom. The largest absolute Gasteiger partial charge is 0.468 e. The third kappa shape index (κ3) is 3.54. The van der Waals surface area contributed by atoms with Gasteiger partial charge in [-0.3, -0.25) is 4.90 Å². The second-order valence-corrected chi connectivity index (χ2v) is 4.85. The third-order valence-electron chi connectivity index (χ3n) is 2.93. The number of nitrogens with one attached hydrogen (secondary N) is 1. The first kappa shape index (κ1) is 13.5. The van der Waals surface area contributed by atoms with Gasteiger partial charge in [0.2, 0.25) is 5.95 Å². The predicted octanol–water partition coefficient (Wildman–Crippen LogP) is 2.40. The molecule has 19 heavy (non-hydrogen) atoms. The number of aryl methyl sites for hydroxylation is 2. The monoisotopic (exact) mass is 260 g/mol. The molecule has 0 fully saturated rings. The summed E-state index contributed by atoms with van der Waals surface area (Å²) >= 11 is 0. The van der Waals surface area contributed by atoms with E-state index in [0.29, 0.717) is 12.5 Å². The molecule has 102 valence electrons. The molecule has 0 aromatic carbocycles. The highest BCUT2D eigenvalue weighted by Crippen LogP contribution is 2.18. The van der Waals surface area contributed by atoms with Crippen LogP contribution < -0.4 is 5.32 Å². The van der Waals surface area contributed by atoms with Gasteiger partial charge in [0, 0.05) is 17.9 Å². The van der Waals surface area contributed by atoms with E-state index < -0.39 is 0 Å². The van der Waals surface area contributed by atoms with Gasteiger partial charge in [0.1, 0.15) is 5.76 Å². The number of furan rings is 1. The molecule has 2 rings (SSSR count). The SMILES string of the molecule is Cc1cc(C)nc(NCC(c2ccco2)N(C)C)n1. The van der Waals surface area contributed by atoms with E-state index in [0.717, 1.165) is 17.1 Å². The quantitative estimate of drug-likeness (QED) is 0.894. The Morgan fingerprint density at radius 2 is 1.95 bits per heavy atom. The number of hydrogen-bond acceptors (Lipinski definition) is 5. The number of hydrogen-bond donors (Lipinski definition) is 1. The van der Waals surface area contributed by atoms with Crippen molar-refractivity contribution in [1.29, 1.82) is 0 Å². The summed E-state index contributed by atoms with van der Waals surface area (Å²) in [7, 11) is 4.05. The summed E-state index contributed by atoms with van der Waals surface area (Å²) in [6.07, 6.45) is 1.69. The summed E-state index contributed by atoms with van der Waals surface area (Å²) < 4.78 is 5.47. The highest BCUT2D eigenvalue weighted by Gasteiger charge is 2.17. The van der Waals surface area contributed by atoms with Crippen molar-refractivity contribution in [2.24, 2.45) is 0 Å². The van der Waals surface area contributed by atoms with Gasteiger partial charge in [-0.25, -0.2) is 9.97 Å². The molecule has 2 heterocycles. The lowest BCUT2D eigenvalue weighted by Gasteiger charge is -2.22. The molecule has 5 heteroatoms. The summed E-state index contributed by atoms with van der Waals surface area (Å²) in [5, 5.41) is 3.27. The van der Waals surface area contributed by atoms with Gasteiger partial charge < -0.3 is 9.73 Å². The summed E-state index contributed by atoms with van der Waals surface area (Å²) in [6, 6.07) is 5.99. The van der Waals surface area contributed by atoms with Crippen molar-refractivity contribution < 1.29 is 4.42 Å². The summed E-state index contributed by atoms with van der Waals surface area (Å²) in [4.78, 5) is 10.9. The second-order valence-electron chi connectivity index (χ2n) is 4.85. The standard InChI is InChI=1S/C14H20N4O/c1-10-8-11(2)17-14(16-10)15-9-12(18(3)4)13-6-5-7-19-13/h5-8,12H,9H2,1-4H3,(H,15,16,17). The normalized spacial score (nSPS) is 12.7. The minimum atomic E-state index is 0.152. The van der Waals surface area contributed by atoms with Crippen LogP contribution in [0.5, 0.6) is 0 Å². The van der Waals surface area contributed by atoms with Crippen LogP contribution in [-0.2, 0) is 0 Å². The lowest BCUT2D eigenvalue weighted by atomic mass is 10.2. The van der Waals surface area contributed by atoms with E-state index in [1.807, 2.05) is 46.1 Å². The first-order chi connectivity index (χ1) is 9.06. The van der Waals surface area contributed by atoms with Gasteiger partial charge in [0.25, 0.3) is 0 Å². The van der Waals surface area contributed by atoms with Crippen LogP contribution in [0.4, 0.5) is 5.95 Å². The zero-order valence-corrected chi connectivity index (χ0v) is 11.8. The van der Waals surface area contributed by atoms with Crippen molar-refractivity contribution in [2.75, 3.05) is 26.0 Å². The molecular formula is C14H20N4O. The topological polar surface area (TPSA) is 54.2 Å². The number of anilines is 1. The minimum absolute atomic E-state index is 0.152. The Bertz CT molecular complexity index is 502. The Morgan fingerprint density at radius 3 is 2.47 bits per heavy atom. The second kappa shape index (κ2) is 5.84. The smallest absolute Gasteiger partial charge is 0.223 e. The van der Waals surface area contributed by atoms with Gasteiger partial charge in [-0.1, -0.05) is 0 Å². The maximum Gasteiger partial charge on any atom is 0.223 e. The van der Waals surface area contributed by atoms with Crippen LogP contribution in [0.15, 0.2) is 28.9 Å². The van der Waals surface area contributed by atoms with Crippen molar-refractivity contribution in [2.45, 2.75) is 19.9 Å². The van der Waals surface area contributed by atoms with E-state index in [-0.39, 0.29) is 6.04 Å². The van der Waals surface area contributed by atoms with E-state index in [4.69, 9.17) is 4.42 Å². The van der Waals surface area contributed by atoms with E-state index in [1.54, 1.807) is 6.26 Å². The van der Waals surface area contributed by atoms with E-state index in [1.165, 1.54) is 0 Å². The van der Waals surface area contributed by atoms with Crippen molar-refractivity contribution in [3.8, 4) is 0 Å². The number of aromatic nitrogens is 2. The zero-order valence-electron chi connectivity index (χ0n) is 11.8. The van der Waals surface area contributed by atoms with E-state index in [2.05, 4.69) is 20.2 Å². The average Bonchev–Trinajstić information content (AvgIpc) is 2.81. The molecule has 1 atom stereocenters. The molecule has 0 saturated carbocycles. The molecule has 0 aliphatic heterocycles. The van der Waals surface area contributed by atoms with Crippen LogP contribution in [-0.4, -0.2) is 35.5 Å². The third-order valence-corrected chi connectivity index (χ3v) is 2.93. The molecule has 0 saturated heterocycles. The Balaban J connectivity index is 2.07. The molecule has 2 aromatic rings. The van der Waals surface area contributed by atoms with Gasteiger partial charge in [0.05, 0.1) is 12.3 Å². The number of nitrogens with zero attached hydrogens (tertiary/aromatic N) is 3. The van der Waals surface area contributed by atoms with Gasteiger partial charge in [-0.2, -0.15) is 0 Å². The first-order valence-electron chi connectivity index (χ1n) is 6.32. The van der Waals surface area contributed by atoms with E-state index >= 15 is 0 Å². The van der Waals surface area contributed by atoms with Gasteiger partial charge in [-0.05, 0) is 46.1 Å². The van der Waals surface area contributed by atoms with E-state index in [9.17, 15) is 0 Å². The fourth-order valence-electron chi connectivity index (χ4n) is 2.01. The summed E-state index contributed by atoms with van der Waals surface area (Å²) in [5.74, 6) is 1.60. The molecule has 0 spiro atoms. The fraction of sp³-hybridized carbons (Fsp3) is 0.429. The Kier molecular flexibility index (Phi) is 4.16. The molecule has 0 aliphatic carbocycles. The molecule has 2 aromatic heterocycles. The lowest BCUT2D eigenvalue weighted by molar-refractivity contribution is 0.269. The minimum Gasteiger partial charge on any atom is -0.468 e. The maximum atomic E-state index is 5.47. The molecule has 1 N–H and O–H groups in total. The number of rotatable bonds is 5. The predicted molar refractivity (Wildman–Crippen MR) is 75.1 cm³/mol. The van der Waals surface area contributed by atoms with Crippen molar-refractivity contribution in [3.63, 3.8) is 0 Å². The lowest BCUT2D eigenvalue weighted by Crippen LogP contribution is -2.27. The van der Waals surface area contributed by atoms with Crippen molar-refractivity contribution in [1.82, 2.24) is 14.9 Å². The number of likely N-dealkylation sites (N-methyl/N-ethyl adjacent to an activating group) is 1. The summed E-state index contributed by atoms with van der Waals surface area (Å²) in [6.45, 7) is 4.63. The molecule has 1 unspecified atom stereocenters. The fourth-order valence-corrected chi connectivity index (χ4v) is 2.01. The van der Waals surface area contributed by atoms with Gasteiger partial charge in [0.15, 0.2) is 0 Å². The molecule has 5 nitrogen and oxygen atoms in total. The zero-order chi connectivity index (χ0) is 13.8. The van der Waals surface area contributed by atoms with Crippen LogP contribution in [0.25, 0.3) is 0 Å². The van der Waals surface area contributed by atoms with Crippen LogP contribution in [0.3, 0.4) is 0 Å². The molecule has 0 bridgehead atoms.